The summed E-state index contributed by atoms with van der Waals surface area (Å²) in [4.78, 5) is 48.5. The van der Waals surface area contributed by atoms with Gasteiger partial charge in [0.15, 0.2) is 6.10 Å². The predicted octanol–water partition coefficient (Wildman–Crippen LogP) is 20.1. The first-order valence-electron chi connectivity index (χ1n) is 31.4. The van der Waals surface area contributed by atoms with Crippen LogP contribution < -0.4 is 0 Å². The molecule has 0 unspecified atom stereocenters. The molecule has 422 valence electrons. The van der Waals surface area contributed by atoms with Gasteiger partial charge in [-0.15, -0.1) is 0 Å². The highest BCUT2D eigenvalue weighted by molar-refractivity contribution is 5.71. The van der Waals surface area contributed by atoms with E-state index >= 15 is 0 Å². The lowest BCUT2D eigenvalue weighted by atomic mass is 10.0. The lowest BCUT2D eigenvalue weighted by Crippen LogP contribution is -2.30. The fraction of sp³-hybridized carbons (Fsp3) is 0.937. The Balaban J connectivity index is 0. The zero-order valence-electron chi connectivity index (χ0n) is 48.5. The van der Waals surface area contributed by atoms with Gasteiger partial charge in [-0.3, -0.25) is 19.2 Å². The highest BCUT2D eigenvalue weighted by Crippen LogP contribution is 2.18. The van der Waals surface area contributed by atoms with E-state index < -0.39 is 6.10 Å². The third-order valence-electron chi connectivity index (χ3n) is 13.8. The van der Waals surface area contributed by atoms with E-state index in [0.29, 0.717) is 25.7 Å². The second-order valence-corrected chi connectivity index (χ2v) is 21.5. The molecule has 0 aliphatic carbocycles. The maximum atomic E-state index is 12.8. The Morgan fingerprint density at radius 2 is 0.479 bits per heavy atom. The average molecular weight is 1010 g/mol. The van der Waals surface area contributed by atoms with Crippen molar-refractivity contribution in [3.63, 3.8) is 0 Å². The standard InChI is InChI=1S/C57H110O6.C6H12O2/c1-4-7-10-13-16-19-22-25-28-31-34-37-40-43-46-49-55(58)61-52-54(63-57(60)51-48-45-42-39-36-33-30-27-24-21-18-15-12-9-6-3)53-62-56(59)50-47-44-41-38-35-32-29-26-23-20-17-14-11-8-5-2;1-4-6(7)8-5(2)3/h54H,4-53H2,1-3H3;5H,4H2,1-3H3. The third-order valence-corrected chi connectivity index (χ3v) is 13.8. The summed E-state index contributed by atoms with van der Waals surface area (Å²) in [7, 11) is 0. The van der Waals surface area contributed by atoms with Gasteiger partial charge in [-0.25, -0.2) is 0 Å². The van der Waals surface area contributed by atoms with E-state index in [1.807, 2.05) is 13.8 Å². The lowest BCUT2D eigenvalue weighted by molar-refractivity contribution is -0.167. The van der Waals surface area contributed by atoms with Gasteiger partial charge in [-0.1, -0.05) is 297 Å². The van der Waals surface area contributed by atoms with Gasteiger partial charge in [0.1, 0.15) is 13.2 Å². The van der Waals surface area contributed by atoms with Crippen molar-refractivity contribution in [1.82, 2.24) is 0 Å². The van der Waals surface area contributed by atoms with Crippen molar-refractivity contribution in [2.24, 2.45) is 0 Å². The van der Waals surface area contributed by atoms with Crippen LogP contribution in [0.3, 0.4) is 0 Å². The van der Waals surface area contributed by atoms with Crippen LogP contribution >= 0.6 is 0 Å². The summed E-state index contributed by atoms with van der Waals surface area (Å²) in [5.41, 5.74) is 0. The van der Waals surface area contributed by atoms with Crippen LogP contribution in [0.15, 0.2) is 0 Å². The van der Waals surface area contributed by atoms with Gasteiger partial charge in [0.2, 0.25) is 0 Å². The number of unbranched alkanes of at least 4 members (excludes halogenated alkanes) is 42. The predicted molar refractivity (Wildman–Crippen MR) is 302 cm³/mol. The maximum absolute atomic E-state index is 12.8. The zero-order valence-corrected chi connectivity index (χ0v) is 48.5. The van der Waals surface area contributed by atoms with Crippen LogP contribution in [0, 0.1) is 0 Å². The van der Waals surface area contributed by atoms with Crippen molar-refractivity contribution in [1.29, 1.82) is 0 Å². The topological polar surface area (TPSA) is 105 Å². The second-order valence-electron chi connectivity index (χ2n) is 21.5. The monoisotopic (exact) mass is 1010 g/mol. The summed E-state index contributed by atoms with van der Waals surface area (Å²) < 4.78 is 21.6. The number of carbonyl (C=O) groups is 4. The molecule has 0 rings (SSSR count). The van der Waals surface area contributed by atoms with Crippen molar-refractivity contribution in [3.8, 4) is 0 Å². The fourth-order valence-electron chi connectivity index (χ4n) is 9.15. The molecule has 0 bridgehead atoms. The molecule has 0 aromatic rings. The minimum atomic E-state index is -0.760. The Morgan fingerprint density at radius 1 is 0.268 bits per heavy atom. The van der Waals surface area contributed by atoms with E-state index in [0.717, 1.165) is 57.8 Å². The maximum Gasteiger partial charge on any atom is 0.306 e. The Bertz CT molecular complexity index is 1060. The summed E-state index contributed by atoms with van der Waals surface area (Å²) in [5.74, 6) is -0.957. The van der Waals surface area contributed by atoms with Gasteiger partial charge in [-0.2, -0.15) is 0 Å². The molecule has 0 heterocycles. The van der Waals surface area contributed by atoms with Crippen molar-refractivity contribution in [2.45, 2.75) is 368 Å². The van der Waals surface area contributed by atoms with Crippen molar-refractivity contribution < 1.29 is 38.1 Å². The first-order chi connectivity index (χ1) is 34.7. The van der Waals surface area contributed by atoms with E-state index in [4.69, 9.17) is 18.9 Å². The lowest BCUT2D eigenvalue weighted by Gasteiger charge is -2.18. The second kappa shape index (κ2) is 60.4. The van der Waals surface area contributed by atoms with E-state index in [-0.39, 0.29) is 43.2 Å². The Kier molecular flexibility index (Phi) is 60.4. The summed E-state index contributed by atoms with van der Waals surface area (Å²) in [6, 6.07) is 0. The molecule has 0 amide bonds. The molecular formula is C63H122O8. The largest absolute Gasteiger partial charge is 0.463 e. The van der Waals surface area contributed by atoms with Gasteiger partial charge in [0.05, 0.1) is 6.10 Å². The molecule has 0 saturated heterocycles. The van der Waals surface area contributed by atoms with Crippen LogP contribution in [-0.4, -0.2) is 49.3 Å². The number of carbonyl (C=O) groups excluding carboxylic acids is 4. The molecule has 0 aliphatic rings. The molecule has 0 atom stereocenters. The summed E-state index contributed by atoms with van der Waals surface area (Å²) in [5, 5.41) is 0. The average Bonchev–Trinajstić information content (AvgIpc) is 3.35. The molecule has 8 nitrogen and oxygen atoms in total. The summed E-state index contributed by atoms with van der Waals surface area (Å²) in [6.07, 6.45) is 58.5. The molecule has 8 heteroatoms. The van der Waals surface area contributed by atoms with E-state index in [1.54, 1.807) is 6.92 Å². The Morgan fingerprint density at radius 3 is 0.676 bits per heavy atom. The number of hydrogen-bond donors (Lipinski definition) is 0. The SMILES string of the molecule is CCC(=O)OC(C)C.CCCCCCCCCCCCCCCCCC(=O)OCC(COC(=O)CCCCCCCCCCCCCCCCC)OC(=O)CCCCCCCCCCCCCCCCC. The van der Waals surface area contributed by atoms with E-state index in [2.05, 4.69) is 20.8 Å². The molecule has 0 aliphatic heterocycles. The number of rotatable bonds is 55. The molecular weight excluding hydrogens is 885 g/mol. The number of esters is 4. The van der Waals surface area contributed by atoms with Gasteiger partial charge in [-0.05, 0) is 33.1 Å². The molecule has 0 aromatic heterocycles. The van der Waals surface area contributed by atoms with Crippen LogP contribution in [-0.2, 0) is 38.1 Å². The Hall–Kier alpha value is -2.12. The molecule has 71 heavy (non-hydrogen) atoms. The minimum absolute atomic E-state index is 0.0300. The highest BCUT2D eigenvalue weighted by atomic mass is 16.6. The molecule has 0 N–H and O–H groups in total. The van der Waals surface area contributed by atoms with Gasteiger partial charge < -0.3 is 18.9 Å². The van der Waals surface area contributed by atoms with Crippen LogP contribution in [0.2, 0.25) is 0 Å². The van der Waals surface area contributed by atoms with Crippen molar-refractivity contribution >= 4 is 23.9 Å². The first kappa shape index (κ1) is 71.0. The van der Waals surface area contributed by atoms with Crippen molar-refractivity contribution in [2.75, 3.05) is 13.2 Å². The molecule has 0 spiro atoms. The van der Waals surface area contributed by atoms with Gasteiger partial charge in [0.25, 0.3) is 0 Å². The number of ether oxygens (including phenoxy) is 4. The van der Waals surface area contributed by atoms with Crippen molar-refractivity contribution in [3.05, 3.63) is 0 Å². The third kappa shape index (κ3) is 62.1. The highest BCUT2D eigenvalue weighted by Gasteiger charge is 2.19. The van der Waals surface area contributed by atoms with Gasteiger partial charge in [0, 0.05) is 25.7 Å². The fourth-order valence-corrected chi connectivity index (χ4v) is 9.15. The summed E-state index contributed by atoms with van der Waals surface area (Å²) in [6.45, 7) is 12.2. The van der Waals surface area contributed by atoms with E-state index in [9.17, 15) is 19.2 Å². The quantitative estimate of drug-likeness (QED) is 0.0337. The van der Waals surface area contributed by atoms with Crippen LogP contribution in [0.5, 0.6) is 0 Å². The van der Waals surface area contributed by atoms with Crippen LogP contribution in [0.4, 0.5) is 0 Å². The molecule has 0 saturated carbocycles. The van der Waals surface area contributed by atoms with Crippen LogP contribution in [0.1, 0.15) is 356 Å². The normalized spacial score (nSPS) is 11.2. The zero-order chi connectivity index (χ0) is 52.4. The Labute approximate surface area is 441 Å². The van der Waals surface area contributed by atoms with Crippen LogP contribution in [0.25, 0.3) is 0 Å². The number of hydrogen-bond acceptors (Lipinski definition) is 8. The van der Waals surface area contributed by atoms with E-state index in [1.165, 1.54) is 231 Å². The summed E-state index contributed by atoms with van der Waals surface area (Å²) >= 11 is 0. The first-order valence-corrected chi connectivity index (χ1v) is 31.4. The molecule has 0 aromatic carbocycles. The van der Waals surface area contributed by atoms with Gasteiger partial charge >= 0.3 is 23.9 Å². The molecule has 0 radical (unpaired) electrons. The smallest absolute Gasteiger partial charge is 0.306 e. The minimum Gasteiger partial charge on any atom is -0.463 e. The molecule has 0 fully saturated rings.